The van der Waals surface area contributed by atoms with Gasteiger partial charge in [-0.1, -0.05) is 12.1 Å². The molecule has 1 saturated heterocycles. The van der Waals surface area contributed by atoms with Crippen LogP contribution in [0.15, 0.2) is 29.4 Å². The number of rotatable bonds is 3. The Balaban J connectivity index is 1.55. The molecular formula is C15H17FN2OS2. The number of benzene rings is 1. The quantitative estimate of drug-likeness (QED) is 0.869. The Morgan fingerprint density at radius 2 is 2.05 bits per heavy atom. The Hall–Kier alpha value is -1.01. The van der Waals surface area contributed by atoms with Crippen molar-refractivity contribution in [1.82, 2.24) is 5.43 Å². The van der Waals surface area contributed by atoms with Gasteiger partial charge < -0.3 is 0 Å². The average molecular weight is 324 g/mol. The lowest BCUT2D eigenvalue weighted by molar-refractivity contribution is -0.120. The average Bonchev–Trinajstić information content (AvgIpc) is 2.91. The zero-order valence-corrected chi connectivity index (χ0v) is 13.2. The molecule has 0 spiro atoms. The lowest BCUT2D eigenvalue weighted by Crippen LogP contribution is -2.28. The van der Waals surface area contributed by atoms with Crippen LogP contribution in [0.5, 0.6) is 0 Å². The predicted molar refractivity (Wildman–Crippen MR) is 87.4 cm³/mol. The molecule has 1 heterocycles. The number of hydrazone groups is 1. The molecule has 1 aliphatic carbocycles. The van der Waals surface area contributed by atoms with Crippen LogP contribution in [0.25, 0.3) is 0 Å². The number of nitrogens with zero attached hydrogens (tertiary/aromatic N) is 1. The molecule has 1 amide bonds. The van der Waals surface area contributed by atoms with Gasteiger partial charge in [0.1, 0.15) is 5.82 Å². The fourth-order valence-corrected chi connectivity index (χ4v) is 5.76. The van der Waals surface area contributed by atoms with E-state index in [1.807, 2.05) is 23.5 Å². The molecule has 1 aromatic rings. The van der Waals surface area contributed by atoms with Gasteiger partial charge in [0.15, 0.2) is 0 Å². The van der Waals surface area contributed by atoms with Crippen molar-refractivity contribution in [2.24, 2.45) is 5.10 Å². The topological polar surface area (TPSA) is 41.5 Å². The number of hydrogen-bond acceptors (Lipinski definition) is 4. The van der Waals surface area contributed by atoms with Crippen LogP contribution in [0, 0.1) is 5.82 Å². The molecule has 2 unspecified atom stereocenters. The van der Waals surface area contributed by atoms with E-state index in [1.54, 1.807) is 12.1 Å². The molecule has 1 saturated carbocycles. The van der Waals surface area contributed by atoms with Gasteiger partial charge in [-0.25, -0.2) is 9.82 Å². The van der Waals surface area contributed by atoms with Gasteiger partial charge in [0, 0.05) is 16.8 Å². The Kier molecular flexibility index (Phi) is 4.85. The number of nitrogens with one attached hydrogen (secondary N) is 1. The smallest absolute Gasteiger partial charge is 0.244 e. The first-order valence-corrected chi connectivity index (χ1v) is 9.15. The molecule has 1 aliphatic heterocycles. The molecule has 3 rings (SSSR count). The summed E-state index contributed by atoms with van der Waals surface area (Å²) in [5, 5.41) is 5.46. The lowest BCUT2D eigenvalue weighted by atomic mass is 10.1. The number of halogens is 1. The molecule has 1 N–H and O–H groups in total. The summed E-state index contributed by atoms with van der Waals surface area (Å²) in [6.07, 6.45) is 2.37. The number of carbonyl (C=O) groups is 1. The highest BCUT2D eigenvalue weighted by Crippen LogP contribution is 2.40. The number of thioether (sulfide) groups is 2. The Morgan fingerprint density at radius 3 is 2.86 bits per heavy atom. The van der Waals surface area contributed by atoms with Crippen LogP contribution in [-0.4, -0.2) is 33.6 Å². The van der Waals surface area contributed by atoms with E-state index in [-0.39, 0.29) is 18.1 Å². The van der Waals surface area contributed by atoms with Gasteiger partial charge in [-0.2, -0.15) is 28.6 Å². The third-order valence-electron chi connectivity index (χ3n) is 3.67. The molecule has 0 radical (unpaired) electrons. The monoisotopic (exact) mass is 324 g/mol. The highest BCUT2D eigenvalue weighted by atomic mass is 32.2. The maximum atomic E-state index is 12.8. The maximum Gasteiger partial charge on any atom is 0.244 e. The summed E-state index contributed by atoms with van der Waals surface area (Å²) >= 11 is 3.98. The van der Waals surface area contributed by atoms with Crippen molar-refractivity contribution in [3.63, 3.8) is 0 Å². The van der Waals surface area contributed by atoms with Crippen LogP contribution < -0.4 is 5.43 Å². The van der Waals surface area contributed by atoms with Crippen LogP contribution in [0.4, 0.5) is 4.39 Å². The summed E-state index contributed by atoms with van der Waals surface area (Å²) in [5.74, 6) is 1.94. The fraction of sp³-hybridized carbons (Fsp3) is 0.467. The van der Waals surface area contributed by atoms with Gasteiger partial charge in [0.05, 0.1) is 17.4 Å². The second-order valence-electron chi connectivity index (χ2n) is 5.18. The van der Waals surface area contributed by atoms with E-state index in [1.165, 1.54) is 17.9 Å². The highest BCUT2D eigenvalue weighted by molar-refractivity contribution is 8.07. The number of hydrogen-bond donors (Lipinski definition) is 1. The fourth-order valence-electron chi connectivity index (χ4n) is 2.63. The Morgan fingerprint density at radius 1 is 1.29 bits per heavy atom. The van der Waals surface area contributed by atoms with Crippen molar-refractivity contribution in [1.29, 1.82) is 0 Å². The molecule has 2 fully saturated rings. The number of fused-ring (bicyclic) bond motifs is 1. The molecule has 112 valence electrons. The lowest BCUT2D eigenvalue weighted by Gasteiger charge is -2.23. The van der Waals surface area contributed by atoms with Crippen molar-refractivity contribution in [3.05, 3.63) is 35.6 Å². The summed E-state index contributed by atoms with van der Waals surface area (Å²) in [6, 6.07) is 5.99. The highest BCUT2D eigenvalue weighted by Gasteiger charge is 2.36. The van der Waals surface area contributed by atoms with E-state index in [0.29, 0.717) is 10.5 Å². The molecular weight excluding hydrogens is 307 g/mol. The molecule has 0 bridgehead atoms. The SMILES string of the molecule is O=C(Cc1ccc(F)cc1)N/N=C1/CCC2SCCSC12. The first-order valence-electron chi connectivity index (χ1n) is 7.05. The normalized spacial score (nSPS) is 26.6. The van der Waals surface area contributed by atoms with E-state index in [9.17, 15) is 9.18 Å². The van der Waals surface area contributed by atoms with E-state index >= 15 is 0 Å². The second-order valence-corrected chi connectivity index (χ2v) is 7.78. The molecule has 6 heteroatoms. The van der Waals surface area contributed by atoms with Gasteiger partial charge >= 0.3 is 0 Å². The van der Waals surface area contributed by atoms with Crippen LogP contribution in [-0.2, 0) is 11.2 Å². The molecule has 0 aromatic heterocycles. The van der Waals surface area contributed by atoms with Crippen LogP contribution in [0.3, 0.4) is 0 Å². The second kappa shape index (κ2) is 6.83. The molecule has 1 aromatic carbocycles. The molecule has 21 heavy (non-hydrogen) atoms. The largest absolute Gasteiger partial charge is 0.273 e. The van der Waals surface area contributed by atoms with Crippen molar-refractivity contribution in [2.75, 3.05) is 11.5 Å². The van der Waals surface area contributed by atoms with E-state index in [0.717, 1.165) is 29.9 Å². The summed E-state index contributed by atoms with van der Waals surface area (Å²) in [6.45, 7) is 0. The maximum absolute atomic E-state index is 12.8. The van der Waals surface area contributed by atoms with Gasteiger partial charge in [0.2, 0.25) is 5.91 Å². The minimum atomic E-state index is -0.289. The van der Waals surface area contributed by atoms with E-state index in [2.05, 4.69) is 10.5 Å². The van der Waals surface area contributed by atoms with Crippen LogP contribution in [0.1, 0.15) is 18.4 Å². The van der Waals surface area contributed by atoms with E-state index < -0.39 is 0 Å². The standard InChI is InChI=1S/C15H17FN2OS2/c16-11-3-1-10(2-4-11)9-14(19)18-17-12-5-6-13-15(12)21-8-7-20-13/h1-4,13,15H,5-9H2,(H,18,19)/b17-12-. The number of carbonyl (C=O) groups excluding carboxylic acids is 1. The summed E-state index contributed by atoms with van der Waals surface area (Å²) in [4.78, 5) is 11.9. The van der Waals surface area contributed by atoms with Gasteiger partial charge in [-0.15, -0.1) is 0 Å². The van der Waals surface area contributed by atoms with Gasteiger partial charge in [-0.3, -0.25) is 4.79 Å². The first kappa shape index (κ1) is 14.9. The van der Waals surface area contributed by atoms with Crippen molar-refractivity contribution in [2.45, 2.75) is 29.8 Å². The molecule has 2 atom stereocenters. The van der Waals surface area contributed by atoms with Gasteiger partial charge in [0.25, 0.3) is 0 Å². The van der Waals surface area contributed by atoms with Crippen molar-refractivity contribution in [3.8, 4) is 0 Å². The predicted octanol–water partition coefficient (Wildman–Crippen LogP) is 2.85. The zero-order valence-electron chi connectivity index (χ0n) is 11.5. The minimum absolute atomic E-state index is 0.147. The van der Waals surface area contributed by atoms with E-state index in [4.69, 9.17) is 0 Å². The zero-order chi connectivity index (χ0) is 14.7. The summed E-state index contributed by atoms with van der Waals surface area (Å²) < 4.78 is 12.8. The van der Waals surface area contributed by atoms with Crippen LogP contribution >= 0.6 is 23.5 Å². The summed E-state index contributed by atoms with van der Waals surface area (Å²) in [7, 11) is 0. The third-order valence-corrected chi connectivity index (χ3v) is 6.87. The minimum Gasteiger partial charge on any atom is -0.273 e. The number of amides is 1. The summed E-state index contributed by atoms with van der Waals surface area (Å²) in [5.41, 5.74) is 4.56. The molecule has 3 nitrogen and oxygen atoms in total. The Labute approximate surface area is 132 Å². The van der Waals surface area contributed by atoms with Crippen LogP contribution in [0.2, 0.25) is 0 Å². The van der Waals surface area contributed by atoms with Crippen molar-refractivity contribution >= 4 is 35.1 Å². The van der Waals surface area contributed by atoms with Gasteiger partial charge in [-0.05, 0) is 30.5 Å². The van der Waals surface area contributed by atoms with Crippen molar-refractivity contribution < 1.29 is 9.18 Å². The molecule has 2 aliphatic rings. The first-order chi connectivity index (χ1) is 10.2. The third kappa shape index (κ3) is 3.80. The Bertz CT molecular complexity index is 547.